The maximum atomic E-state index is 11.2. The number of nitrogens with one attached hydrogen (secondary N) is 1. The summed E-state index contributed by atoms with van der Waals surface area (Å²) in [6.07, 6.45) is 2.03. The second-order valence-electron chi connectivity index (χ2n) is 3.35. The predicted molar refractivity (Wildman–Crippen MR) is 55.4 cm³/mol. The van der Waals surface area contributed by atoms with Gasteiger partial charge in [0.15, 0.2) is 0 Å². The number of carboxylic acid groups (broad SMARTS) is 1. The molecule has 1 rings (SSSR count). The van der Waals surface area contributed by atoms with Gasteiger partial charge in [0.2, 0.25) is 5.91 Å². The molecule has 0 unspecified atom stereocenters. The van der Waals surface area contributed by atoms with Gasteiger partial charge in [-0.05, 0) is 24.3 Å². The second-order valence-corrected chi connectivity index (χ2v) is 4.57. The summed E-state index contributed by atoms with van der Waals surface area (Å²) in [4.78, 5) is 21.4. The minimum absolute atomic E-state index is 0.0761. The molecule has 1 amide bonds. The van der Waals surface area contributed by atoms with Crippen LogP contribution in [0.5, 0.6) is 0 Å². The Morgan fingerprint density at radius 3 is 2.50 bits per heavy atom. The first-order valence-corrected chi connectivity index (χ1v) is 5.93. The Hall–Kier alpha value is -0.710. The lowest BCUT2D eigenvalue weighted by Crippen LogP contribution is -2.37. The standard InChI is InChI=1S/C9H15NO3S/c11-8(1-2-9(12)13)10-7-3-5-14-6-4-7/h7H,1-6H2,(H,10,11)(H,12,13). The number of carbonyl (C=O) groups excluding carboxylic acids is 1. The van der Waals surface area contributed by atoms with Gasteiger partial charge in [0, 0.05) is 12.5 Å². The minimum Gasteiger partial charge on any atom is -0.481 e. The fraction of sp³-hybridized carbons (Fsp3) is 0.778. The number of hydrogen-bond donors (Lipinski definition) is 2. The van der Waals surface area contributed by atoms with E-state index in [0.717, 1.165) is 24.3 Å². The number of aliphatic carboxylic acids is 1. The first-order valence-electron chi connectivity index (χ1n) is 4.77. The maximum absolute atomic E-state index is 11.2. The van der Waals surface area contributed by atoms with E-state index in [1.165, 1.54) is 0 Å². The lowest BCUT2D eigenvalue weighted by molar-refractivity contribution is -0.138. The summed E-state index contributed by atoms with van der Waals surface area (Å²) < 4.78 is 0. The van der Waals surface area contributed by atoms with Crippen LogP contribution in [0.3, 0.4) is 0 Å². The molecular weight excluding hydrogens is 202 g/mol. The minimum atomic E-state index is -0.917. The van der Waals surface area contributed by atoms with Crippen LogP contribution in [0.25, 0.3) is 0 Å². The van der Waals surface area contributed by atoms with Crippen molar-refractivity contribution in [2.24, 2.45) is 0 Å². The van der Waals surface area contributed by atoms with Crippen LogP contribution >= 0.6 is 11.8 Å². The van der Waals surface area contributed by atoms with Crippen molar-refractivity contribution in [3.05, 3.63) is 0 Å². The smallest absolute Gasteiger partial charge is 0.303 e. The molecule has 0 aromatic carbocycles. The average Bonchev–Trinajstić information content (AvgIpc) is 2.16. The molecule has 2 N–H and O–H groups in total. The Bertz CT molecular complexity index is 214. The largest absolute Gasteiger partial charge is 0.481 e. The summed E-state index contributed by atoms with van der Waals surface area (Å²) in [7, 11) is 0. The molecule has 1 saturated heterocycles. The second kappa shape index (κ2) is 5.90. The van der Waals surface area contributed by atoms with Gasteiger partial charge in [-0.1, -0.05) is 0 Å². The average molecular weight is 217 g/mol. The molecule has 0 bridgehead atoms. The summed E-state index contributed by atoms with van der Waals surface area (Å²) in [6.45, 7) is 0. The van der Waals surface area contributed by atoms with Gasteiger partial charge in [0.1, 0.15) is 0 Å². The van der Waals surface area contributed by atoms with Crippen LogP contribution < -0.4 is 5.32 Å². The lowest BCUT2D eigenvalue weighted by atomic mass is 10.1. The highest BCUT2D eigenvalue weighted by Crippen LogP contribution is 2.16. The highest BCUT2D eigenvalue weighted by atomic mass is 32.2. The van der Waals surface area contributed by atoms with Crippen LogP contribution in [0.2, 0.25) is 0 Å². The van der Waals surface area contributed by atoms with Crippen molar-refractivity contribution < 1.29 is 14.7 Å². The molecule has 80 valence electrons. The summed E-state index contributed by atoms with van der Waals surface area (Å²) in [5.41, 5.74) is 0. The zero-order chi connectivity index (χ0) is 10.4. The van der Waals surface area contributed by atoms with Crippen molar-refractivity contribution in [3.63, 3.8) is 0 Å². The van der Waals surface area contributed by atoms with Crippen molar-refractivity contribution in [2.45, 2.75) is 31.7 Å². The van der Waals surface area contributed by atoms with Crippen molar-refractivity contribution >= 4 is 23.6 Å². The Labute approximate surface area is 87.4 Å². The van der Waals surface area contributed by atoms with Gasteiger partial charge < -0.3 is 10.4 Å². The third kappa shape index (κ3) is 4.50. The molecule has 1 aliphatic heterocycles. The van der Waals surface area contributed by atoms with E-state index in [0.29, 0.717) is 0 Å². The summed E-state index contributed by atoms with van der Waals surface area (Å²) in [5.74, 6) is 1.12. The maximum Gasteiger partial charge on any atom is 0.303 e. The molecule has 0 saturated carbocycles. The quantitative estimate of drug-likeness (QED) is 0.733. The van der Waals surface area contributed by atoms with Crippen molar-refractivity contribution in [1.29, 1.82) is 0 Å². The van der Waals surface area contributed by atoms with Gasteiger partial charge in [-0.25, -0.2) is 0 Å². The van der Waals surface area contributed by atoms with E-state index < -0.39 is 5.97 Å². The Kier molecular flexibility index (Phi) is 4.79. The molecule has 1 heterocycles. The molecule has 1 aliphatic rings. The topological polar surface area (TPSA) is 66.4 Å². The van der Waals surface area contributed by atoms with E-state index in [4.69, 9.17) is 5.11 Å². The van der Waals surface area contributed by atoms with Crippen molar-refractivity contribution in [1.82, 2.24) is 5.32 Å². The van der Waals surface area contributed by atoms with Crippen LogP contribution in [0, 0.1) is 0 Å². The SMILES string of the molecule is O=C(O)CCC(=O)NC1CCSCC1. The molecular formula is C9H15NO3S. The van der Waals surface area contributed by atoms with E-state index in [1.54, 1.807) is 0 Å². The van der Waals surface area contributed by atoms with Crippen molar-refractivity contribution in [2.75, 3.05) is 11.5 Å². The van der Waals surface area contributed by atoms with E-state index in [1.807, 2.05) is 11.8 Å². The Morgan fingerprint density at radius 1 is 1.29 bits per heavy atom. The number of amides is 1. The number of hydrogen-bond acceptors (Lipinski definition) is 3. The van der Waals surface area contributed by atoms with Gasteiger partial charge in [-0.2, -0.15) is 11.8 Å². The fourth-order valence-corrected chi connectivity index (χ4v) is 2.47. The van der Waals surface area contributed by atoms with Gasteiger partial charge in [-0.15, -0.1) is 0 Å². The van der Waals surface area contributed by atoms with Gasteiger partial charge in [0.05, 0.1) is 6.42 Å². The molecule has 0 aromatic rings. The highest BCUT2D eigenvalue weighted by Gasteiger charge is 2.15. The van der Waals surface area contributed by atoms with Gasteiger partial charge >= 0.3 is 5.97 Å². The molecule has 0 radical (unpaired) electrons. The first-order chi connectivity index (χ1) is 6.68. The summed E-state index contributed by atoms with van der Waals surface area (Å²) >= 11 is 1.90. The van der Waals surface area contributed by atoms with Crippen LogP contribution in [0.4, 0.5) is 0 Å². The van der Waals surface area contributed by atoms with E-state index >= 15 is 0 Å². The molecule has 0 aliphatic carbocycles. The van der Waals surface area contributed by atoms with Crippen LogP contribution in [-0.4, -0.2) is 34.5 Å². The fourth-order valence-electron chi connectivity index (χ4n) is 1.36. The van der Waals surface area contributed by atoms with E-state index in [2.05, 4.69) is 5.32 Å². The number of thioether (sulfide) groups is 1. The molecule has 0 spiro atoms. The first kappa shape index (κ1) is 11.4. The molecule has 0 aromatic heterocycles. The third-order valence-electron chi connectivity index (χ3n) is 2.15. The van der Waals surface area contributed by atoms with Crippen LogP contribution in [0.1, 0.15) is 25.7 Å². The normalized spacial score (nSPS) is 17.7. The molecule has 0 atom stereocenters. The lowest BCUT2D eigenvalue weighted by Gasteiger charge is -2.22. The number of rotatable bonds is 4. The van der Waals surface area contributed by atoms with Gasteiger partial charge in [0.25, 0.3) is 0 Å². The number of carbonyl (C=O) groups is 2. The zero-order valence-corrected chi connectivity index (χ0v) is 8.81. The zero-order valence-electron chi connectivity index (χ0n) is 7.99. The van der Waals surface area contributed by atoms with Crippen LogP contribution in [-0.2, 0) is 9.59 Å². The predicted octanol–water partition coefficient (Wildman–Crippen LogP) is 0.863. The highest BCUT2D eigenvalue weighted by molar-refractivity contribution is 7.99. The summed E-state index contributed by atoms with van der Waals surface area (Å²) in [6, 6.07) is 0.262. The number of carboxylic acids is 1. The van der Waals surface area contributed by atoms with E-state index in [9.17, 15) is 9.59 Å². The molecule has 1 fully saturated rings. The summed E-state index contributed by atoms with van der Waals surface area (Å²) in [5, 5.41) is 11.2. The van der Waals surface area contributed by atoms with Gasteiger partial charge in [-0.3, -0.25) is 9.59 Å². The monoisotopic (exact) mass is 217 g/mol. The van der Waals surface area contributed by atoms with Crippen molar-refractivity contribution in [3.8, 4) is 0 Å². The Balaban J connectivity index is 2.15. The molecule has 14 heavy (non-hydrogen) atoms. The Morgan fingerprint density at radius 2 is 1.93 bits per heavy atom. The van der Waals surface area contributed by atoms with Crippen LogP contribution in [0.15, 0.2) is 0 Å². The molecule has 4 nitrogen and oxygen atoms in total. The third-order valence-corrected chi connectivity index (χ3v) is 3.20. The molecule has 5 heteroatoms. The van der Waals surface area contributed by atoms with E-state index in [-0.39, 0.29) is 24.8 Å².